The van der Waals surface area contributed by atoms with Gasteiger partial charge in [0.2, 0.25) is 0 Å². The monoisotopic (exact) mass is 322 g/mol. The van der Waals surface area contributed by atoms with Crippen LogP contribution in [0.5, 0.6) is 0 Å². The first-order valence-electron chi connectivity index (χ1n) is 8.97. The van der Waals surface area contributed by atoms with Crippen molar-refractivity contribution in [2.45, 2.75) is 25.8 Å². The fraction of sp³-hybridized carbons (Fsp3) is 0.500. The summed E-state index contributed by atoms with van der Waals surface area (Å²) in [6.45, 7) is 7.64. The van der Waals surface area contributed by atoms with Crippen LogP contribution in [0, 0.1) is 11.8 Å². The number of nitrogens with zero attached hydrogens (tertiary/aromatic N) is 4. The summed E-state index contributed by atoms with van der Waals surface area (Å²) in [6.07, 6.45) is 0. The number of likely N-dealkylation sites (tertiary alicyclic amines) is 1. The summed E-state index contributed by atoms with van der Waals surface area (Å²) in [5, 5.41) is 8.90. The molecule has 0 spiro atoms. The number of rotatable bonds is 3. The maximum absolute atomic E-state index is 4.49. The maximum atomic E-state index is 4.49. The van der Waals surface area contributed by atoms with Crippen molar-refractivity contribution >= 4 is 5.82 Å². The van der Waals surface area contributed by atoms with E-state index in [9.17, 15) is 0 Å². The van der Waals surface area contributed by atoms with E-state index in [1.807, 2.05) is 0 Å². The Morgan fingerprint density at radius 2 is 1.75 bits per heavy atom. The molecule has 3 atom stereocenters. The summed E-state index contributed by atoms with van der Waals surface area (Å²) in [4.78, 5) is 4.95. The molecule has 1 aromatic heterocycles. The van der Waals surface area contributed by atoms with E-state index < -0.39 is 0 Å². The van der Waals surface area contributed by atoms with Crippen LogP contribution in [0.1, 0.15) is 37.1 Å². The highest BCUT2D eigenvalue weighted by Crippen LogP contribution is 2.44. The minimum Gasteiger partial charge on any atom is -0.354 e. The Morgan fingerprint density at radius 1 is 0.958 bits per heavy atom. The first-order valence-corrected chi connectivity index (χ1v) is 8.97. The molecule has 0 N–H and O–H groups in total. The van der Waals surface area contributed by atoms with Crippen molar-refractivity contribution in [3.05, 3.63) is 53.7 Å². The molecule has 4 nitrogen and oxygen atoms in total. The molecule has 0 unspecified atom stereocenters. The van der Waals surface area contributed by atoms with Gasteiger partial charge in [0.05, 0.1) is 5.69 Å². The summed E-state index contributed by atoms with van der Waals surface area (Å²) in [6, 6.07) is 15.7. The highest BCUT2D eigenvalue weighted by molar-refractivity contribution is 5.41. The molecule has 4 rings (SSSR count). The van der Waals surface area contributed by atoms with Crippen molar-refractivity contribution in [2.75, 3.05) is 31.6 Å². The van der Waals surface area contributed by atoms with E-state index in [2.05, 4.69) is 83.4 Å². The third kappa shape index (κ3) is 2.69. The lowest BCUT2D eigenvalue weighted by molar-refractivity contribution is 0.279. The molecule has 0 bridgehead atoms. The number of benzene rings is 1. The van der Waals surface area contributed by atoms with E-state index in [0.717, 1.165) is 31.1 Å². The lowest BCUT2D eigenvalue weighted by atomic mass is 9.90. The van der Waals surface area contributed by atoms with Gasteiger partial charge in [0.25, 0.3) is 0 Å². The van der Waals surface area contributed by atoms with Gasteiger partial charge in [0, 0.05) is 31.6 Å². The van der Waals surface area contributed by atoms with Gasteiger partial charge in [-0.1, -0.05) is 44.2 Å². The molecule has 2 saturated heterocycles. The van der Waals surface area contributed by atoms with Crippen LogP contribution in [0.25, 0.3) is 0 Å². The van der Waals surface area contributed by atoms with Gasteiger partial charge in [-0.3, -0.25) is 4.90 Å². The number of hydrogen-bond donors (Lipinski definition) is 0. The van der Waals surface area contributed by atoms with Crippen LogP contribution >= 0.6 is 0 Å². The second kappa shape index (κ2) is 6.17. The smallest absolute Gasteiger partial charge is 0.151 e. The van der Waals surface area contributed by atoms with Crippen LogP contribution in [-0.4, -0.2) is 41.8 Å². The molecule has 2 aromatic rings. The van der Waals surface area contributed by atoms with Crippen molar-refractivity contribution < 1.29 is 0 Å². The largest absolute Gasteiger partial charge is 0.354 e. The molecular weight excluding hydrogens is 296 g/mol. The molecule has 2 fully saturated rings. The summed E-state index contributed by atoms with van der Waals surface area (Å²) in [5.74, 6) is 2.85. The normalized spacial score (nSPS) is 27.0. The summed E-state index contributed by atoms with van der Waals surface area (Å²) in [7, 11) is 2.26. The topological polar surface area (TPSA) is 32.3 Å². The van der Waals surface area contributed by atoms with Gasteiger partial charge in [-0.2, -0.15) is 5.10 Å². The fourth-order valence-corrected chi connectivity index (χ4v) is 4.41. The Morgan fingerprint density at radius 3 is 2.42 bits per heavy atom. The summed E-state index contributed by atoms with van der Waals surface area (Å²) >= 11 is 0. The zero-order valence-corrected chi connectivity index (χ0v) is 14.8. The summed E-state index contributed by atoms with van der Waals surface area (Å²) < 4.78 is 0. The average Bonchev–Trinajstić information content (AvgIpc) is 3.12. The Labute approximate surface area is 144 Å². The van der Waals surface area contributed by atoms with Crippen LogP contribution in [-0.2, 0) is 0 Å². The molecule has 24 heavy (non-hydrogen) atoms. The van der Waals surface area contributed by atoms with Crippen molar-refractivity contribution in [1.29, 1.82) is 0 Å². The van der Waals surface area contributed by atoms with Gasteiger partial charge in [-0.05, 0) is 36.6 Å². The molecule has 0 amide bonds. The number of hydrogen-bond acceptors (Lipinski definition) is 4. The minimum absolute atomic E-state index is 0.431. The van der Waals surface area contributed by atoms with Crippen molar-refractivity contribution in [3.63, 3.8) is 0 Å². The minimum atomic E-state index is 0.431. The van der Waals surface area contributed by atoms with Gasteiger partial charge in [-0.15, -0.1) is 5.10 Å². The van der Waals surface area contributed by atoms with E-state index in [4.69, 9.17) is 0 Å². The standard InChI is InChI=1S/C20H26N4/c1-14(2)18-9-10-19(22-21-18)24-12-16-11-23(3)20(17(16)13-24)15-7-5-4-6-8-15/h4-10,14,16-17,20H,11-13H2,1-3H3/t16-,17+,20-/m0/s1. The van der Waals surface area contributed by atoms with Crippen LogP contribution in [0.3, 0.4) is 0 Å². The second-order valence-corrected chi connectivity index (χ2v) is 7.60. The molecule has 4 heteroatoms. The molecule has 126 valence electrons. The van der Waals surface area contributed by atoms with Gasteiger partial charge >= 0.3 is 0 Å². The highest BCUT2D eigenvalue weighted by Gasteiger charge is 2.46. The molecular formula is C20H26N4. The van der Waals surface area contributed by atoms with Gasteiger partial charge in [0.15, 0.2) is 5.82 Å². The quantitative estimate of drug-likeness (QED) is 0.867. The van der Waals surface area contributed by atoms with Crippen molar-refractivity contribution in [1.82, 2.24) is 15.1 Å². The number of fused-ring (bicyclic) bond motifs is 1. The maximum Gasteiger partial charge on any atom is 0.151 e. The number of aromatic nitrogens is 2. The van der Waals surface area contributed by atoms with E-state index in [1.54, 1.807) is 0 Å². The molecule has 0 aliphatic carbocycles. The molecule has 0 radical (unpaired) electrons. The zero-order valence-electron chi connectivity index (χ0n) is 14.8. The van der Waals surface area contributed by atoms with E-state index in [0.29, 0.717) is 23.8 Å². The van der Waals surface area contributed by atoms with Crippen LogP contribution in [0.4, 0.5) is 5.82 Å². The number of anilines is 1. The van der Waals surface area contributed by atoms with E-state index >= 15 is 0 Å². The molecule has 1 aromatic carbocycles. The van der Waals surface area contributed by atoms with Crippen molar-refractivity contribution in [3.8, 4) is 0 Å². The van der Waals surface area contributed by atoms with Gasteiger partial charge in [-0.25, -0.2) is 0 Å². The molecule has 2 aliphatic rings. The Bertz CT molecular complexity index is 683. The third-order valence-electron chi connectivity index (χ3n) is 5.62. The van der Waals surface area contributed by atoms with E-state index in [-0.39, 0.29) is 0 Å². The lowest BCUT2D eigenvalue weighted by Crippen LogP contribution is -2.29. The molecule has 2 aliphatic heterocycles. The predicted octanol–water partition coefficient (Wildman–Crippen LogP) is 3.34. The lowest BCUT2D eigenvalue weighted by Gasteiger charge is -2.27. The SMILES string of the molecule is CC(C)c1ccc(N2C[C@@H]3CN(C)[C@@H](c4ccccc4)[C@@H]3C2)nn1. The molecule has 0 saturated carbocycles. The first-order chi connectivity index (χ1) is 11.6. The Balaban J connectivity index is 1.53. The van der Waals surface area contributed by atoms with Gasteiger partial charge < -0.3 is 4.90 Å². The van der Waals surface area contributed by atoms with Crippen molar-refractivity contribution in [2.24, 2.45) is 11.8 Å². The van der Waals surface area contributed by atoms with Gasteiger partial charge in [0.1, 0.15) is 0 Å². The Kier molecular flexibility index (Phi) is 4.01. The zero-order chi connectivity index (χ0) is 16.7. The fourth-order valence-electron chi connectivity index (χ4n) is 4.41. The predicted molar refractivity (Wildman–Crippen MR) is 97.1 cm³/mol. The third-order valence-corrected chi connectivity index (χ3v) is 5.62. The van der Waals surface area contributed by atoms with E-state index in [1.165, 1.54) is 5.56 Å². The first kappa shape index (κ1) is 15.6. The Hall–Kier alpha value is -1.94. The molecule has 3 heterocycles. The summed E-state index contributed by atoms with van der Waals surface area (Å²) in [5.41, 5.74) is 2.51. The van der Waals surface area contributed by atoms with Crippen LogP contribution in [0.2, 0.25) is 0 Å². The van der Waals surface area contributed by atoms with Crippen LogP contribution in [0.15, 0.2) is 42.5 Å². The highest BCUT2D eigenvalue weighted by atomic mass is 15.3. The average molecular weight is 322 g/mol. The second-order valence-electron chi connectivity index (χ2n) is 7.60. The van der Waals surface area contributed by atoms with Crippen LogP contribution < -0.4 is 4.90 Å².